The number of carbonyl (C=O) groups is 1. The topological polar surface area (TPSA) is 70.9 Å². The molecular formula is C21H17ClN2O3. The molecule has 0 fully saturated rings. The van der Waals surface area contributed by atoms with Gasteiger partial charge in [-0.2, -0.15) is 5.10 Å². The number of aromatic carboxylic acids is 1. The molecule has 0 heterocycles. The number of hydrogen-bond acceptors (Lipinski definition) is 4. The van der Waals surface area contributed by atoms with Crippen molar-refractivity contribution in [2.24, 2.45) is 5.10 Å². The number of halogens is 1. The van der Waals surface area contributed by atoms with Gasteiger partial charge in [-0.3, -0.25) is 5.43 Å². The van der Waals surface area contributed by atoms with E-state index in [9.17, 15) is 4.79 Å². The van der Waals surface area contributed by atoms with Crippen LogP contribution < -0.4 is 10.2 Å². The Morgan fingerprint density at radius 3 is 2.52 bits per heavy atom. The summed E-state index contributed by atoms with van der Waals surface area (Å²) < 4.78 is 5.74. The van der Waals surface area contributed by atoms with Crippen molar-refractivity contribution < 1.29 is 14.6 Å². The number of hydrazone groups is 1. The maximum Gasteiger partial charge on any atom is 0.335 e. The van der Waals surface area contributed by atoms with Crippen LogP contribution in [-0.2, 0) is 6.61 Å². The Hall–Kier alpha value is -3.31. The van der Waals surface area contributed by atoms with E-state index in [2.05, 4.69) is 10.5 Å². The van der Waals surface area contributed by atoms with Gasteiger partial charge in [0.2, 0.25) is 0 Å². The fourth-order valence-corrected chi connectivity index (χ4v) is 2.43. The standard InChI is InChI=1S/C21H17ClN2O3/c22-18-8-4-16(5-9-18)14-27-20-10-6-15(7-11-20)13-23-24-19-3-1-2-17(12-19)21(25)26/h1-13,24H,14H2,(H,25,26). The summed E-state index contributed by atoms with van der Waals surface area (Å²) in [5.74, 6) is -0.221. The largest absolute Gasteiger partial charge is 0.489 e. The number of rotatable bonds is 7. The molecule has 0 aliphatic heterocycles. The van der Waals surface area contributed by atoms with Crippen molar-refractivity contribution in [3.8, 4) is 5.75 Å². The van der Waals surface area contributed by atoms with Crippen LogP contribution in [0.15, 0.2) is 77.9 Å². The van der Waals surface area contributed by atoms with Crippen molar-refractivity contribution in [3.63, 3.8) is 0 Å². The van der Waals surface area contributed by atoms with Gasteiger partial charge in [0.25, 0.3) is 0 Å². The third-order valence-electron chi connectivity index (χ3n) is 3.72. The minimum Gasteiger partial charge on any atom is -0.489 e. The maximum absolute atomic E-state index is 11.0. The van der Waals surface area contributed by atoms with Crippen LogP contribution in [0.5, 0.6) is 5.75 Å². The first kappa shape index (κ1) is 18.5. The molecule has 3 rings (SSSR count). The zero-order valence-corrected chi connectivity index (χ0v) is 15.1. The molecule has 136 valence electrons. The Morgan fingerprint density at radius 2 is 1.81 bits per heavy atom. The minimum absolute atomic E-state index is 0.206. The van der Waals surface area contributed by atoms with E-state index in [1.54, 1.807) is 18.3 Å². The molecule has 0 saturated carbocycles. The minimum atomic E-state index is -0.975. The number of anilines is 1. The van der Waals surface area contributed by atoms with Crippen molar-refractivity contribution in [2.45, 2.75) is 6.61 Å². The van der Waals surface area contributed by atoms with E-state index < -0.39 is 5.97 Å². The van der Waals surface area contributed by atoms with Crippen LogP contribution in [0.4, 0.5) is 5.69 Å². The van der Waals surface area contributed by atoms with Gasteiger partial charge >= 0.3 is 5.97 Å². The van der Waals surface area contributed by atoms with Gasteiger partial charge in [0, 0.05) is 5.02 Å². The quantitative estimate of drug-likeness (QED) is 0.443. The molecule has 0 unspecified atom stereocenters. The molecular weight excluding hydrogens is 364 g/mol. The van der Waals surface area contributed by atoms with E-state index in [0.29, 0.717) is 17.3 Å². The van der Waals surface area contributed by atoms with Gasteiger partial charge in [-0.15, -0.1) is 0 Å². The predicted molar refractivity (Wildman–Crippen MR) is 107 cm³/mol. The van der Waals surface area contributed by atoms with Gasteiger partial charge in [-0.1, -0.05) is 29.8 Å². The molecule has 3 aromatic carbocycles. The van der Waals surface area contributed by atoms with E-state index in [-0.39, 0.29) is 5.56 Å². The summed E-state index contributed by atoms with van der Waals surface area (Å²) in [5, 5.41) is 13.8. The first-order chi connectivity index (χ1) is 13.1. The smallest absolute Gasteiger partial charge is 0.335 e. The average molecular weight is 381 g/mol. The van der Waals surface area contributed by atoms with Crippen molar-refractivity contribution in [1.29, 1.82) is 0 Å². The Bertz CT molecular complexity index is 938. The second kappa shape index (κ2) is 8.87. The summed E-state index contributed by atoms with van der Waals surface area (Å²) in [6.07, 6.45) is 1.65. The highest BCUT2D eigenvalue weighted by atomic mass is 35.5. The van der Waals surface area contributed by atoms with E-state index in [0.717, 1.165) is 16.9 Å². The van der Waals surface area contributed by atoms with Gasteiger partial charge in [0.1, 0.15) is 12.4 Å². The zero-order chi connectivity index (χ0) is 19.1. The Morgan fingerprint density at radius 1 is 1.07 bits per heavy atom. The van der Waals surface area contributed by atoms with Gasteiger partial charge < -0.3 is 9.84 Å². The monoisotopic (exact) mass is 380 g/mol. The molecule has 6 heteroatoms. The molecule has 0 amide bonds. The first-order valence-corrected chi connectivity index (χ1v) is 8.58. The second-order valence-electron chi connectivity index (χ2n) is 5.74. The molecule has 3 aromatic rings. The van der Waals surface area contributed by atoms with Crippen LogP contribution in [0.25, 0.3) is 0 Å². The molecule has 0 atom stereocenters. The molecule has 0 spiro atoms. The molecule has 2 N–H and O–H groups in total. The number of carboxylic acid groups (broad SMARTS) is 1. The highest BCUT2D eigenvalue weighted by Gasteiger charge is 2.02. The number of nitrogens with one attached hydrogen (secondary N) is 1. The third kappa shape index (κ3) is 5.59. The van der Waals surface area contributed by atoms with Crippen molar-refractivity contribution in [3.05, 3.63) is 94.5 Å². The SMILES string of the molecule is O=C(O)c1cccc(NN=Cc2ccc(OCc3ccc(Cl)cc3)cc2)c1. The van der Waals surface area contributed by atoms with E-state index >= 15 is 0 Å². The highest BCUT2D eigenvalue weighted by molar-refractivity contribution is 6.30. The normalized spacial score (nSPS) is 10.7. The summed E-state index contributed by atoms with van der Waals surface area (Å²) in [6.45, 7) is 0.464. The van der Waals surface area contributed by atoms with Crippen LogP contribution in [0.3, 0.4) is 0 Å². The Labute approximate surface area is 161 Å². The number of carboxylic acids is 1. The lowest BCUT2D eigenvalue weighted by molar-refractivity contribution is 0.0697. The van der Waals surface area contributed by atoms with Crippen LogP contribution in [-0.4, -0.2) is 17.3 Å². The van der Waals surface area contributed by atoms with Crippen LogP contribution in [0.2, 0.25) is 5.02 Å². The van der Waals surface area contributed by atoms with Crippen molar-refractivity contribution in [1.82, 2.24) is 0 Å². The number of nitrogens with zero attached hydrogens (tertiary/aromatic N) is 1. The number of ether oxygens (including phenoxy) is 1. The average Bonchev–Trinajstić information content (AvgIpc) is 2.69. The summed E-state index contributed by atoms with van der Waals surface area (Å²) in [7, 11) is 0. The fraction of sp³-hybridized carbons (Fsp3) is 0.0476. The summed E-state index contributed by atoms with van der Waals surface area (Å²) in [4.78, 5) is 11.0. The molecule has 0 bridgehead atoms. The van der Waals surface area contributed by atoms with Crippen molar-refractivity contribution in [2.75, 3.05) is 5.43 Å². The molecule has 27 heavy (non-hydrogen) atoms. The molecule has 0 aliphatic rings. The van der Waals surface area contributed by atoms with Gasteiger partial charge in [-0.25, -0.2) is 4.79 Å². The predicted octanol–water partition coefficient (Wildman–Crippen LogP) is 5.06. The zero-order valence-electron chi connectivity index (χ0n) is 14.3. The number of hydrogen-bond donors (Lipinski definition) is 2. The lowest BCUT2D eigenvalue weighted by Crippen LogP contribution is -1.98. The summed E-state index contributed by atoms with van der Waals surface area (Å²) in [5.41, 5.74) is 5.55. The number of benzene rings is 3. The lowest BCUT2D eigenvalue weighted by Gasteiger charge is -2.06. The molecule has 0 aliphatic carbocycles. The summed E-state index contributed by atoms with van der Waals surface area (Å²) in [6, 6.07) is 21.5. The molecule has 5 nitrogen and oxygen atoms in total. The van der Waals surface area contributed by atoms with Gasteiger partial charge in [0.05, 0.1) is 17.5 Å². The van der Waals surface area contributed by atoms with Crippen LogP contribution in [0, 0.1) is 0 Å². The molecule has 0 aromatic heterocycles. The van der Waals surface area contributed by atoms with E-state index in [4.69, 9.17) is 21.4 Å². The van der Waals surface area contributed by atoms with Crippen LogP contribution >= 0.6 is 11.6 Å². The van der Waals surface area contributed by atoms with E-state index in [1.807, 2.05) is 48.5 Å². The lowest BCUT2D eigenvalue weighted by atomic mass is 10.2. The second-order valence-corrected chi connectivity index (χ2v) is 6.18. The summed E-state index contributed by atoms with van der Waals surface area (Å²) >= 11 is 5.86. The van der Waals surface area contributed by atoms with Gasteiger partial charge in [-0.05, 0) is 65.7 Å². The first-order valence-electron chi connectivity index (χ1n) is 8.20. The van der Waals surface area contributed by atoms with Crippen LogP contribution in [0.1, 0.15) is 21.5 Å². The highest BCUT2D eigenvalue weighted by Crippen LogP contribution is 2.15. The Kier molecular flexibility index (Phi) is 6.07. The molecule has 0 radical (unpaired) electrons. The Balaban J connectivity index is 1.54. The third-order valence-corrected chi connectivity index (χ3v) is 3.97. The van der Waals surface area contributed by atoms with Crippen molar-refractivity contribution >= 4 is 29.5 Å². The maximum atomic E-state index is 11.0. The fourth-order valence-electron chi connectivity index (χ4n) is 2.30. The van der Waals surface area contributed by atoms with Gasteiger partial charge in [0.15, 0.2) is 0 Å². The molecule has 0 saturated heterocycles. The van der Waals surface area contributed by atoms with E-state index in [1.165, 1.54) is 12.1 Å².